The molecule has 2 atom stereocenters. The molecule has 0 saturated carbocycles. The molecule has 94 valence electrons. The third-order valence-corrected chi connectivity index (χ3v) is 3.02. The van der Waals surface area contributed by atoms with Gasteiger partial charge in [-0.15, -0.1) is 0 Å². The molecule has 0 bridgehead atoms. The van der Waals surface area contributed by atoms with Gasteiger partial charge in [-0.25, -0.2) is 0 Å². The summed E-state index contributed by atoms with van der Waals surface area (Å²) >= 11 is 0. The van der Waals surface area contributed by atoms with E-state index < -0.39 is 11.6 Å². The van der Waals surface area contributed by atoms with Crippen molar-refractivity contribution in [2.24, 2.45) is 10.9 Å². The van der Waals surface area contributed by atoms with Crippen molar-refractivity contribution in [1.82, 2.24) is 4.90 Å². The molecule has 6 nitrogen and oxygen atoms in total. The molecular weight excluding hydrogens is 210 g/mol. The summed E-state index contributed by atoms with van der Waals surface area (Å²) in [6, 6.07) is -0.474. The number of nitrogens with zero attached hydrogens (tertiary/aromatic N) is 2. The van der Waals surface area contributed by atoms with Crippen LogP contribution < -0.4 is 5.73 Å². The van der Waals surface area contributed by atoms with Gasteiger partial charge in [0.25, 0.3) is 5.91 Å². The van der Waals surface area contributed by atoms with Gasteiger partial charge in [0.05, 0.1) is 6.04 Å². The largest absolute Gasteiger partial charge is 0.409 e. The molecule has 0 rings (SSSR count). The predicted octanol–water partition coefficient (Wildman–Crippen LogP) is 0.395. The smallest absolute Gasteiger partial charge is 0.254 e. The third kappa shape index (κ3) is 2.85. The zero-order valence-corrected chi connectivity index (χ0v) is 10.5. The van der Waals surface area contributed by atoms with Crippen molar-refractivity contribution < 1.29 is 14.7 Å². The van der Waals surface area contributed by atoms with Gasteiger partial charge in [-0.2, -0.15) is 0 Å². The Labute approximate surface area is 96.0 Å². The number of rotatable bonds is 5. The first-order chi connectivity index (χ1) is 7.33. The van der Waals surface area contributed by atoms with Crippen molar-refractivity contribution in [3.63, 3.8) is 0 Å². The highest BCUT2D eigenvalue weighted by atomic mass is 16.5. The topological polar surface area (TPSA) is 88.2 Å². The third-order valence-electron chi connectivity index (χ3n) is 3.02. The summed E-state index contributed by atoms with van der Waals surface area (Å²) in [6.07, 6.45) is 0.551. The first-order valence-corrected chi connectivity index (χ1v) is 5.13. The Hall–Kier alpha value is -1.30. The van der Waals surface area contributed by atoms with Crippen molar-refractivity contribution in [1.29, 1.82) is 0 Å². The van der Waals surface area contributed by atoms with E-state index in [1.807, 2.05) is 6.92 Å². The average molecular weight is 231 g/mol. The van der Waals surface area contributed by atoms with E-state index in [1.165, 1.54) is 12.0 Å². The molecule has 6 heteroatoms. The minimum absolute atomic E-state index is 0.00888. The van der Waals surface area contributed by atoms with Gasteiger partial charge in [-0.1, -0.05) is 12.1 Å². The molecule has 0 aromatic heterocycles. The highest BCUT2D eigenvalue weighted by Crippen LogP contribution is 2.18. The van der Waals surface area contributed by atoms with Crippen LogP contribution in [0, 0.1) is 0 Å². The van der Waals surface area contributed by atoms with Gasteiger partial charge in [0.1, 0.15) is 5.60 Å². The van der Waals surface area contributed by atoms with Crippen LogP contribution in [-0.4, -0.2) is 47.7 Å². The summed E-state index contributed by atoms with van der Waals surface area (Å²) in [4.78, 5) is 13.5. The Morgan fingerprint density at radius 1 is 1.69 bits per heavy atom. The van der Waals surface area contributed by atoms with Gasteiger partial charge < -0.3 is 20.6 Å². The van der Waals surface area contributed by atoms with Crippen LogP contribution in [0.2, 0.25) is 0 Å². The second-order valence-electron chi connectivity index (χ2n) is 3.91. The summed E-state index contributed by atoms with van der Waals surface area (Å²) in [5.41, 5.74) is 4.57. The summed E-state index contributed by atoms with van der Waals surface area (Å²) in [6.45, 7) is 5.26. The number of hydrogen-bond acceptors (Lipinski definition) is 4. The molecule has 1 amide bonds. The van der Waals surface area contributed by atoms with E-state index in [4.69, 9.17) is 15.7 Å². The van der Waals surface area contributed by atoms with Gasteiger partial charge in [0.15, 0.2) is 5.84 Å². The average Bonchev–Trinajstić information content (AvgIpc) is 2.33. The summed E-state index contributed by atoms with van der Waals surface area (Å²) < 4.78 is 5.20. The zero-order valence-electron chi connectivity index (χ0n) is 10.5. The number of likely N-dealkylation sites (N-methyl/N-ethyl adjacent to an activating group) is 1. The molecule has 3 N–H and O–H groups in total. The maximum Gasteiger partial charge on any atom is 0.254 e. The van der Waals surface area contributed by atoms with Crippen molar-refractivity contribution in [2.45, 2.75) is 38.8 Å². The number of methoxy groups -OCH3 is 1. The number of carbonyl (C=O) groups is 1. The molecule has 0 spiro atoms. The van der Waals surface area contributed by atoms with Crippen LogP contribution in [-0.2, 0) is 9.53 Å². The van der Waals surface area contributed by atoms with E-state index in [2.05, 4.69) is 5.16 Å². The van der Waals surface area contributed by atoms with E-state index in [1.54, 1.807) is 20.9 Å². The first-order valence-electron chi connectivity index (χ1n) is 5.13. The lowest BCUT2D eigenvalue weighted by atomic mass is 10.0. The minimum atomic E-state index is -0.876. The lowest BCUT2D eigenvalue weighted by Gasteiger charge is -2.33. The van der Waals surface area contributed by atoms with Gasteiger partial charge in [-0.3, -0.25) is 4.79 Å². The number of nitrogens with two attached hydrogens (primary N) is 1. The molecule has 0 aromatic carbocycles. The fourth-order valence-corrected chi connectivity index (χ4v) is 1.21. The van der Waals surface area contributed by atoms with Gasteiger partial charge in [0, 0.05) is 14.2 Å². The number of carbonyl (C=O) groups excluding carboxylic acids is 1. The highest BCUT2D eigenvalue weighted by molar-refractivity contribution is 5.92. The fourth-order valence-electron chi connectivity index (χ4n) is 1.21. The van der Waals surface area contributed by atoms with Crippen LogP contribution >= 0.6 is 0 Å². The molecule has 0 aliphatic carbocycles. The maximum absolute atomic E-state index is 12.1. The van der Waals surface area contributed by atoms with Crippen molar-refractivity contribution in [3.05, 3.63) is 0 Å². The molecule has 0 saturated heterocycles. The lowest BCUT2D eigenvalue weighted by Crippen LogP contribution is -2.52. The number of amides is 1. The van der Waals surface area contributed by atoms with Crippen LogP contribution in [0.1, 0.15) is 27.2 Å². The Morgan fingerprint density at radius 2 is 2.19 bits per heavy atom. The molecule has 0 radical (unpaired) electrons. The Balaban J connectivity index is 4.86. The number of oxime groups is 1. The molecule has 0 aliphatic rings. The molecule has 0 fully saturated rings. The molecule has 0 aliphatic heterocycles. The zero-order chi connectivity index (χ0) is 12.9. The fraction of sp³-hybridized carbons (Fsp3) is 0.800. The van der Waals surface area contributed by atoms with Crippen LogP contribution in [0.3, 0.4) is 0 Å². The lowest BCUT2D eigenvalue weighted by molar-refractivity contribution is -0.152. The van der Waals surface area contributed by atoms with Crippen molar-refractivity contribution in [3.8, 4) is 0 Å². The molecule has 0 aromatic rings. The Morgan fingerprint density at radius 3 is 2.50 bits per heavy atom. The standard InChI is InChI=1S/C10H21N3O3/c1-6-10(3,16-5)9(14)13(4)7(2)8(11)12-15/h7,15H,6H2,1-5H3,(H2,11,12). The molecule has 0 heterocycles. The summed E-state index contributed by atoms with van der Waals surface area (Å²) in [7, 11) is 3.08. The van der Waals surface area contributed by atoms with E-state index in [9.17, 15) is 4.79 Å². The van der Waals surface area contributed by atoms with Crippen molar-refractivity contribution >= 4 is 11.7 Å². The minimum Gasteiger partial charge on any atom is -0.409 e. The second-order valence-corrected chi connectivity index (χ2v) is 3.91. The van der Waals surface area contributed by atoms with Crippen LogP contribution in [0.5, 0.6) is 0 Å². The van der Waals surface area contributed by atoms with Gasteiger partial charge in [-0.05, 0) is 20.3 Å². The summed E-state index contributed by atoms with van der Waals surface area (Å²) in [5.74, 6) is -0.206. The van der Waals surface area contributed by atoms with E-state index in [0.717, 1.165) is 0 Å². The Kier molecular flexibility index (Phi) is 5.23. The summed E-state index contributed by atoms with van der Waals surface area (Å²) in [5, 5.41) is 11.4. The van der Waals surface area contributed by atoms with E-state index in [-0.39, 0.29) is 11.7 Å². The number of ether oxygens (including phenoxy) is 1. The normalized spacial score (nSPS) is 17.7. The van der Waals surface area contributed by atoms with Crippen molar-refractivity contribution in [2.75, 3.05) is 14.2 Å². The van der Waals surface area contributed by atoms with Gasteiger partial charge >= 0.3 is 0 Å². The quantitative estimate of drug-likeness (QED) is 0.310. The van der Waals surface area contributed by atoms with Gasteiger partial charge in [0.2, 0.25) is 0 Å². The maximum atomic E-state index is 12.1. The number of amidine groups is 1. The number of hydrogen-bond donors (Lipinski definition) is 2. The van der Waals surface area contributed by atoms with Crippen LogP contribution in [0.25, 0.3) is 0 Å². The van der Waals surface area contributed by atoms with E-state index >= 15 is 0 Å². The Bertz CT molecular complexity index is 274. The SMILES string of the molecule is CCC(C)(OC)C(=O)N(C)C(C)C(N)=NO. The first kappa shape index (κ1) is 14.7. The van der Waals surface area contributed by atoms with Crippen LogP contribution in [0.4, 0.5) is 0 Å². The predicted molar refractivity (Wildman–Crippen MR) is 61.3 cm³/mol. The molecule has 16 heavy (non-hydrogen) atoms. The second kappa shape index (κ2) is 5.69. The highest BCUT2D eigenvalue weighted by Gasteiger charge is 2.36. The molecule has 2 unspecified atom stereocenters. The van der Waals surface area contributed by atoms with Crippen LogP contribution in [0.15, 0.2) is 5.16 Å². The molecular formula is C10H21N3O3. The monoisotopic (exact) mass is 231 g/mol. The van der Waals surface area contributed by atoms with E-state index in [0.29, 0.717) is 6.42 Å².